The molecule has 0 aliphatic carbocycles. The van der Waals surface area contributed by atoms with E-state index in [1.165, 1.54) is 24.8 Å². The lowest BCUT2D eigenvalue weighted by Gasteiger charge is -2.38. The third-order valence-corrected chi connectivity index (χ3v) is 6.79. The lowest BCUT2D eigenvalue weighted by molar-refractivity contribution is -0.128. The highest BCUT2D eigenvalue weighted by Crippen LogP contribution is 2.43. The molecule has 0 radical (unpaired) electrons. The van der Waals surface area contributed by atoms with Crippen molar-refractivity contribution in [3.63, 3.8) is 0 Å². The molecule has 152 valence electrons. The van der Waals surface area contributed by atoms with Crippen LogP contribution in [0.4, 0.5) is 5.00 Å². The van der Waals surface area contributed by atoms with E-state index in [9.17, 15) is 9.90 Å². The molecule has 2 aliphatic rings. The number of methoxy groups -OCH3 is 1. The van der Waals surface area contributed by atoms with Gasteiger partial charge in [0.15, 0.2) is 0 Å². The van der Waals surface area contributed by atoms with Crippen LogP contribution in [0.1, 0.15) is 36.6 Å². The fourth-order valence-electron chi connectivity index (χ4n) is 4.23. The molecule has 4 heterocycles. The molecule has 1 N–H and O–H groups in total. The zero-order chi connectivity index (χ0) is 20.4. The lowest BCUT2D eigenvalue weighted by Crippen LogP contribution is -2.45. The largest absolute Gasteiger partial charge is 0.495 e. The zero-order valence-corrected chi connectivity index (χ0v) is 17.1. The van der Waals surface area contributed by atoms with Gasteiger partial charge in [-0.05, 0) is 50.0 Å². The van der Waals surface area contributed by atoms with Crippen molar-refractivity contribution in [1.82, 2.24) is 14.3 Å². The smallest absolute Gasteiger partial charge is 0.234 e. The molecule has 0 bridgehead atoms. The molecular formula is C20H23N5O3S. The number of pyridine rings is 1. The second-order valence-corrected chi connectivity index (χ2v) is 8.39. The van der Waals surface area contributed by atoms with E-state index in [-0.39, 0.29) is 11.3 Å². The van der Waals surface area contributed by atoms with Crippen molar-refractivity contribution in [1.29, 1.82) is 5.26 Å². The molecule has 2 aliphatic heterocycles. The molecule has 0 saturated carbocycles. The SMILES string of the molecule is COc1cc(C(O)CN2CCC3(CC2)CCN(c2ccns2)C3=O)ncc1C#N. The summed E-state index contributed by atoms with van der Waals surface area (Å²) in [5, 5.41) is 20.6. The summed E-state index contributed by atoms with van der Waals surface area (Å²) in [5.41, 5.74) is 0.532. The molecule has 1 spiro atoms. The van der Waals surface area contributed by atoms with Gasteiger partial charge in [0.05, 0.1) is 18.2 Å². The number of ether oxygens (including phenoxy) is 1. The first-order valence-corrected chi connectivity index (χ1v) is 10.4. The van der Waals surface area contributed by atoms with E-state index < -0.39 is 6.10 Å². The minimum Gasteiger partial charge on any atom is -0.495 e. The Hall–Kier alpha value is -2.54. The summed E-state index contributed by atoms with van der Waals surface area (Å²) in [6.45, 7) is 2.70. The summed E-state index contributed by atoms with van der Waals surface area (Å²) in [6, 6.07) is 5.53. The third kappa shape index (κ3) is 3.71. The van der Waals surface area contributed by atoms with Crippen molar-refractivity contribution < 1.29 is 14.6 Å². The van der Waals surface area contributed by atoms with Crippen LogP contribution in [0.15, 0.2) is 24.5 Å². The number of aliphatic hydroxyl groups excluding tert-OH is 1. The van der Waals surface area contributed by atoms with Gasteiger partial charge in [0.25, 0.3) is 0 Å². The molecule has 4 rings (SSSR count). The molecule has 8 nitrogen and oxygen atoms in total. The Morgan fingerprint density at radius 3 is 2.79 bits per heavy atom. The number of nitrogens with zero attached hydrogens (tertiary/aromatic N) is 5. The summed E-state index contributed by atoms with van der Waals surface area (Å²) >= 11 is 1.36. The predicted octanol–water partition coefficient (Wildman–Crippen LogP) is 1.97. The van der Waals surface area contributed by atoms with Gasteiger partial charge in [-0.1, -0.05) is 0 Å². The quantitative estimate of drug-likeness (QED) is 0.799. The number of hydrogen-bond acceptors (Lipinski definition) is 8. The monoisotopic (exact) mass is 413 g/mol. The Kier molecular flexibility index (Phi) is 5.50. The normalized spacial score (nSPS) is 20.0. The second-order valence-electron chi connectivity index (χ2n) is 7.58. The molecule has 1 atom stereocenters. The van der Waals surface area contributed by atoms with Gasteiger partial charge in [-0.15, -0.1) is 0 Å². The molecule has 2 aromatic heterocycles. The van der Waals surface area contributed by atoms with Crippen molar-refractivity contribution in [3.8, 4) is 11.8 Å². The fraction of sp³-hybridized carbons (Fsp3) is 0.500. The summed E-state index contributed by atoms with van der Waals surface area (Å²) in [5.74, 6) is 0.620. The predicted molar refractivity (Wildman–Crippen MR) is 108 cm³/mol. The first kappa shape index (κ1) is 19.8. The van der Waals surface area contributed by atoms with Gasteiger partial charge in [-0.3, -0.25) is 9.78 Å². The van der Waals surface area contributed by atoms with E-state index in [1.54, 1.807) is 12.3 Å². The number of likely N-dealkylation sites (tertiary alicyclic amines) is 1. The number of carbonyl (C=O) groups is 1. The maximum absolute atomic E-state index is 13.0. The first-order valence-electron chi connectivity index (χ1n) is 9.63. The minimum absolute atomic E-state index is 0.209. The van der Waals surface area contributed by atoms with Gasteiger partial charge >= 0.3 is 0 Å². The van der Waals surface area contributed by atoms with Gasteiger partial charge in [0, 0.05) is 31.5 Å². The summed E-state index contributed by atoms with van der Waals surface area (Å²) < 4.78 is 9.31. The molecule has 2 aromatic rings. The van der Waals surface area contributed by atoms with Crippen molar-refractivity contribution in [2.24, 2.45) is 5.41 Å². The average Bonchev–Trinajstić information content (AvgIpc) is 3.38. The Balaban J connectivity index is 1.37. The van der Waals surface area contributed by atoms with Gasteiger partial charge in [-0.2, -0.15) is 9.64 Å². The Labute approximate surface area is 173 Å². The van der Waals surface area contributed by atoms with E-state index >= 15 is 0 Å². The molecule has 1 amide bonds. The van der Waals surface area contributed by atoms with Crippen LogP contribution in [0, 0.1) is 16.7 Å². The van der Waals surface area contributed by atoms with Crippen LogP contribution in [-0.4, -0.2) is 58.6 Å². The molecule has 9 heteroatoms. The number of anilines is 1. The maximum Gasteiger partial charge on any atom is 0.234 e. The van der Waals surface area contributed by atoms with Crippen molar-refractivity contribution >= 4 is 22.4 Å². The van der Waals surface area contributed by atoms with E-state index in [2.05, 4.69) is 14.3 Å². The lowest BCUT2D eigenvalue weighted by atomic mass is 9.77. The minimum atomic E-state index is -0.779. The highest BCUT2D eigenvalue weighted by atomic mass is 32.1. The number of piperidine rings is 1. The number of aromatic nitrogens is 2. The highest BCUT2D eigenvalue weighted by Gasteiger charge is 2.48. The standard InChI is InChI=1S/C20H23N5O3S/c1-28-17-10-15(22-12-14(17)11-21)16(26)13-24-7-3-20(4-8-24)5-9-25(19(20)27)18-2-6-23-29-18/h2,6,10,12,16,26H,3-5,7-9,13H2,1H3. The number of carbonyl (C=O) groups excluding carboxylic acids is 1. The van der Waals surface area contributed by atoms with Crippen molar-refractivity contribution in [2.75, 3.05) is 38.2 Å². The summed E-state index contributed by atoms with van der Waals surface area (Å²) in [4.78, 5) is 21.3. The van der Waals surface area contributed by atoms with Crippen LogP contribution < -0.4 is 9.64 Å². The number of β-amino-alcohol motifs (C(OH)–C–C–N with tert-alkyl or cyclic N) is 1. The number of rotatable bonds is 5. The van der Waals surface area contributed by atoms with Gasteiger partial charge in [-0.25, -0.2) is 0 Å². The van der Waals surface area contributed by atoms with E-state index in [4.69, 9.17) is 10.00 Å². The van der Waals surface area contributed by atoms with Crippen LogP contribution in [0.2, 0.25) is 0 Å². The molecule has 0 aromatic carbocycles. The van der Waals surface area contributed by atoms with Crippen molar-refractivity contribution in [3.05, 3.63) is 35.8 Å². The number of nitriles is 1. The molecule has 29 heavy (non-hydrogen) atoms. The summed E-state index contributed by atoms with van der Waals surface area (Å²) in [6.07, 6.45) is 4.82. The third-order valence-electron chi connectivity index (χ3n) is 6.02. The van der Waals surface area contributed by atoms with Crippen LogP contribution >= 0.6 is 11.5 Å². The van der Waals surface area contributed by atoms with Gasteiger partial charge in [0.2, 0.25) is 5.91 Å². The van der Waals surface area contributed by atoms with Crippen LogP contribution in [0.5, 0.6) is 5.75 Å². The number of hydrogen-bond donors (Lipinski definition) is 1. The van der Waals surface area contributed by atoms with Crippen LogP contribution in [0.25, 0.3) is 0 Å². The topological polar surface area (TPSA) is 103 Å². The Morgan fingerprint density at radius 2 is 2.14 bits per heavy atom. The fourth-order valence-corrected chi connectivity index (χ4v) is 4.86. The van der Waals surface area contributed by atoms with Crippen molar-refractivity contribution in [2.45, 2.75) is 25.4 Å². The first-order chi connectivity index (χ1) is 14.1. The Bertz CT molecular complexity index is 919. The van der Waals surface area contributed by atoms with E-state index in [0.29, 0.717) is 23.6 Å². The zero-order valence-electron chi connectivity index (χ0n) is 16.2. The highest BCUT2D eigenvalue weighted by molar-refractivity contribution is 7.10. The van der Waals surface area contributed by atoms with Crippen LogP contribution in [0.3, 0.4) is 0 Å². The second kappa shape index (κ2) is 8.06. The van der Waals surface area contributed by atoms with E-state index in [1.807, 2.05) is 17.0 Å². The molecular weight excluding hydrogens is 390 g/mol. The number of aliphatic hydroxyl groups is 1. The summed E-state index contributed by atoms with van der Waals surface area (Å²) in [7, 11) is 1.49. The maximum atomic E-state index is 13.0. The molecule has 2 saturated heterocycles. The van der Waals surface area contributed by atoms with Crippen LogP contribution in [-0.2, 0) is 4.79 Å². The van der Waals surface area contributed by atoms with Gasteiger partial charge in [0.1, 0.15) is 28.5 Å². The van der Waals surface area contributed by atoms with Gasteiger partial charge < -0.3 is 19.6 Å². The van der Waals surface area contributed by atoms with E-state index in [0.717, 1.165) is 43.9 Å². The average molecular weight is 414 g/mol. The number of amides is 1. The molecule has 2 fully saturated rings. The Morgan fingerprint density at radius 1 is 1.38 bits per heavy atom. The molecule has 1 unspecified atom stereocenters.